The zero-order valence-electron chi connectivity index (χ0n) is 35.5. The predicted molar refractivity (Wildman–Crippen MR) is 261 cm³/mol. The lowest BCUT2D eigenvalue weighted by molar-refractivity contribution is 0.660. The first-order valence-electron chi connectivity index (χ1n) is 21.9. The average molecular weight is 795 g/mol. The molecule has 0 amide bonds. The Hall–Kier alpha value is -7.42. The number of hydrogen-bond donors (Lipinski definition) is 0. The summed E-state index contributed by atoms with van der Waals surface area (Å²) < 4.78 is 2.39. The number of aromatic nitrogens is 1. The van der Waals surface area contributed by atoms with Crippen LogP contribution in [0.15, 0.2) is 206 Å². The fraction of sp³-hybridized carbons (Fsp3) is 0.100. The van der Waals surface area contributed by atoms with E-state index in [0.717, 1.165) is 22.7 Å². The highest BCUT2D eigenvalue weighted by Crippen LogP contribution is 2.54. The van der Waals surface area contributed by atoms with E-state index in [0.29, 0.717) is 0 Å². The van der Waals surface area contributed by atoms with Crippen LogP contribution in [-0.4, -0.2) is 4.57 Å². The molecule has 12 rings (SSSR count). The lowest BCUT2D eigenvalue weighted by atomic mass is 9.81. The second-order valence-corrected chi connectivity index (χ2v) is 18.1. The number of hydrogen-bond acceptors (Lipinski definition) is 1. The smallest absolute Gasteiger partial charge is 0.0542 e. The lowest BCUT2D eigenvalue weighted by Gasteiger charge is -2.29. The van der Waals surface area contributed by atoms with Gasteiger partial charge in [-0.15, -0.1) is 0 Å². The molecule has 0 atom stereocenters. The molecule has 2 aliphatic carbocycles. The molecule has 0 spiro atoms. The number of fused-ring (bicyclic) bond motifs is 9. The van der Waals surface area contributed by atoms with Gasteiger partial charge in [0, 0.05) is 44.2 Å². The van der Waals surface area contributed by atoms with E-state index in [1.807, 2.05) is 0 Å². The summed E-state index contributed by atoms with van der Waals surface area (Å²) in [6, 6.07) is 76.5. The molecule has 2 nitrogen and oxygen atoms in total. The zero-order chi connectivity index (χ0) is 41.7. The number of benzene rings is 9. The van der Waals surface area contributed by atoms with E-state index in [4.69, 9.17) is 0 Å². The molecule has 62 heavy (non-hydrogen) atoms. The van der Waals surface area contributed by atoms with Gasteiger partial charge >= 0.3 is 0 Å². The van der Waals surface area contributed by atoms with Gasteiger partial charge in [0.2, 0.25) is 0 Å². The summed E-state index contributed by atoms with van der Waals surface area (Å²) in [7, 11) is 0. The first-order valence-corrected chi connectivity index (χ1v) is 21.9. The van der Waals surface area contributed by atoms with Gasteiger partial charge in [0.15, 0.2) is 0 Å². The van der Waals surface area contributed by atoms with Crippen LogP contribution >= 0.6 is 0 Å². The third-order valence-corrected chi connectivity index (χ3v) is 14.0. The molecule has 0 saturated heterocycles. The van der Waals surface area contributed by atoms with Crippen molar-refractivity contribution in [3.63, 3.8) is 0 Å². The fourth-order valence-electron chi connectivity index (χ4n) is 10.9. The van der Waals surface area contributed by atoms with Crippen molar-refractivity contribution in [2.45, 2.75) is 38.5 Å². The summed E-state index contributed by atoms with van der Waals surface area (Å²) in [6.07, 6.45) is 0. The molecule has 10 aromatic rings. The van der Waals surface area contributed by atoms with E-state index in [-0.39, 0.29) is 10.8 Å². The van der Waals surface area contributed by atoms with E-state index in [2.05, 4.69) is 243 Å². The first-order chi connectivity index (χ1) is 30.3. The summed E-state index contributed by atoms with van der Waals surface area (Å²) in [5.41, 5.74) is 22.5. The molecule has 0 bridgehead atoms. The van der Waals surface area contributed by atoms with Crippen molar-refractivity contribution in [2.24, 2.45) is 0 Å². The van der Waals surface area contributed by atoms with Crippen molar-refractivity contribution in [1.29, 1.82) is 0 Å². The normalized spacial score (nSPS) is 14.1. The Balaban J connectivity index is 1.05. The highest BCUT2D eigenvalue weighted by molar-refractivity contribution is 6.11. The molecule has 0 aliphatic heterocycles. The molecule has 0 fully saturated rings. The van der Waals surface area contributed by atoms with E-state index in [9.17, 15) is 0 Å². The molecule has 2 heteroatoms. The summed E-state index contributed by atoms with van der Waals surface area (Å²) in [5, 5.41) is 2.46. The molecular weight excluding hydrogens is 749 g/mol. The number of anilines is 3. The van der Waals surface area contributed by atoms with Crippen LogP contribution in [0.5, 0.6) is 0 Å². The van der Waals surface area contributed by atoms with Gasteiger partial charge in [-0.25, -0.2) is 0 Å². The van der Waals surface area contributed by atoms with Gasteiger partial charge in [-0.3, -0.25) is 0 Å². The number of nitrogens with zero attached hydrogens (tertiary/aromatic N) is 2. The van der Waals surface area contributed by atoms with Gasteiger partial charge in [-0.05, 0) is 122 Å². The lowest BCUT2D eigenvalue weighted by Crippen LogP contribution is -2.15. The van der Waals surface area contributed by atoms with Gasteiger partial charge < -0.3 is 9.47 Å². The number of para-hydroxylation sites is 3. The SMILES string of the molecule is CC1(C)c2ccccc2-c2ccc(-c3ccc(N(c4ccc5c(c4)c4ccccc4n5-c4ccccc4)c4ccccc4-c4cccc5c4-c4ccccc4C5(C)C)cc3)cc21. The molecule has 0 unspecified atom stereocenters. The minimum atomic E-state index is -0.0973. The zero-order valence-corrected chi connectivity index (χ0v) is 35.5. The largest absolute Gasteiger partial charge is 0.310 e. The van der Waals surface area contributed by atoms with Crippen molar-refractivity contribution in [3.8, 4) is 50.2 Å². The summed E-state index contributed by atoms with van der Waals surface area (Å²) in [4.78, 5) is 2.47. The van der Waals surface area contributed by atoms with Gasteiger partial charge in [0.1, 0.15) is 0 Å². The maximum absolute atomic E-state index is 2.47. The second-order valence-electron chi connectivity index (χ2n) is 18.1. The Morgan fingerprint density at radius 2 is 0.919 bits per heavy atom. The topological polar surface area (TPSA) is 8.17 Å². The molecule has 0 N–H and O–H groups in total. The Morgan fingerprint density at radius 3 is 1.73 bits per heavy atom. The molecule has 1 aromatic heterocycles. The van der Waals surface area contributed by atoms with Crippen molar-refractivity contribution in [3.05, 3.63) is 229 Å². The monoisotopic (exact) mass is 794 g/mol. The summed E-state index contributed by atoms with van der Waals surface area (Å²) >= 11 is 0. The van der Waals surface area contributed by atoms with Crippen molar-refractivity contribution in [2.75, 3.05) is 4.90 Å². The van der Waals surface area contributed by atoms with Crippen LogP contribution in [0.1, 0.15) is 49.9 Å². The highest BCUT2D eigenvalue weighted by atomic mass is 15.1. The Labute approximate surface area is 364 Å². The van der Waals surface area contributed by atoms with Crippen LogP contribution in [0.25, 0.3) is 72.0 Å². The molecule has 0 saturated carbocycles. The van der Waals surface area contributed by atoms with Crippen LogP contribution in [0.4, 0.5) is 17.1 Å². The maximum atomic E-state index is 2.47. The van der Waals surface area contributed by atoms with E-state index >= 15 is 0 Å². The number of rotatable bonds is 6. The van der Waals surface area contributed by atoms with Crippen LogP contribution in [0.2, 0.25) is 0 Å². The van der Waals surface area contributed by atoms with Crippen LogP contribution in [-0.2, 0) is 10.8 Å². The molecule has 2 aliphatic rings. The van der Waals surface area contributed by atoms with E-state index in [1.165, 1.54) is 88.6 Å². The minimum Gasteiger partial charge on any atom is -0.310 e. The van der Waals surface area contributed by atoms with Crippen LogP contribution in [0, 0.1) is 0 Å². The van der Waals surface area contributed by atoms with Gasteiger partial charge in [0.05, 0.1) is 16.7 Å². The summed E-state index contributed by atoms with van der Waals surface area (Å²) in [6.45, 7) is 9.44. The van der Waals surface area contributed by atoms with Crippen molar-refractivity contribution >= 4 is 38.9 Å². The Morgan fingerprint density at radius 1 is 0.355 bits per heavy atom. The third-order valence-electron chi connectivity index (χ3n) is 14.0. The van der Waals surface area contributed by atoms with Gasteiger partial charge in [0.25, 0.3) is 0 Å². The molecule has 1 heterocycles. The quantitative estimate of drug-likeness (QED) is 0.163. The van der Waals surface area contributed by atoms with Gasteiger partial charge in [-0.2, -0.15) is 0 Å². The molecule has 0 radical (unpaired) electrons. The minimum absolute atomic E-state index is 0.0575. The van der Waals surface area contributed by atoms with E-state index < -0.39 is 0 Å². The van der Waals surface area contributed by atoms with E-state index in [1.54, 1.807) is 0 Å². The Kier molecular flexibility index (Phi) is 7.96. The molecule has 9 aromatic carbocycles. The fourth-order valence-corrected chi connectivity index (χ4v) is 10.9. The maximum Gasteiger partial charge on any atom is 0.0542 e. The second kappa shape index (κ2) is 13.5. The Bertz CT molecular complexity index is 3400. The van der Waals surface area contributed by atoms with Crippen LogP contribution < -0.4 is 4.90 Å². The summed E-state index contributed by atoms with van der Waals surface area (Å²) in [5.74, 6) is 0. The van der Waals surface area contributed by atoms with Crippen molar-refractivity contribution in [1.82, 2.24) is 4.57 Å². The van der Waals surface area contributed by atoms with Gasteiger partial charge in [-0.1, -0.05) is 173 Å². The van der Waals surface area contributed by atoms with Crippen molar-refractivity contribution < 1.29 is 0 Å². The third kappa shape index (κ3) is 5.29. The molecular formula is C60H46N2. The first kappa shape index (κ1) is 36.4. The standard InChI is InChI=1S/C60H46N2/c1-59(2)52-25-13-9-22-49(52)58-48(23-16-26-53(58)59)46-20-10-14-27-55(46)61(43-34-36-57-50(38-43)47-21-11-15-28-56(47)62(57)41-17-6-5-7-18-41)42-32-29-39(30-33-42)40-31-35-45-44-19-8-12-24-51(44)60(3,4)54(45)37-40/h5-38H,1-4H3. The van der Waals surface area contributed by atoms with Crippen LogP contribution in [0.3, 0.4) is 0 Å². The highest BCUT2D eigenvalue weighted by Gasteiger charge is 2.38. The predicted octanol–water partition coefficient (Wildman–Crippen LogP) is 16.2. The average Bonchev–Trinajstić information content (AvgIpc) is 3.86. The molecule has 296 valence electrons.